The molecule has 2 atom stereocenters. The number of hydrogen-bond donors (Lipinski definition) is 3. The number of nitrogens with one attached hydrogen (secondary N) is 2. The zero-order chi connectivity index (χ0) is 12.3. The van der Waals surface area contributed by atoms with Gasteiger partial charge in [0.2, 0.25) is 0 Å². The smallest absolute Gasteiger partial charge is 0.319 e. The van der Waals surface area contributed by atoms with Gasteiger partial charge in [-0.2, -0.15) is 0 Å². The fraction of sp³-hybridized carbons (Fsp3) is 0.462. The standard InChI is InChI=1S/C13H19N3O/c1-9-4-2-7-12(9)16-13(17)15-11-6-3-5-10(14)8-11/h3,5-6,8-9,12H,2,4,7,14H2,1H3,(H2,15,16,17). The predicted octanol–water partition coefficient (Wildman–Crippen LogP) is 2.58. The van der Waals surface area contributed by atoms with Gasteiger partial charge in [-0.15, -0.1) is 0 Å². The third-order valence-corrected chi connectivity index (χ3v) is 3.32. The summed E-state index contributed by atoms with van der Waals surface area (Å²) in [6.07, 6.45) is 3.47. The molecule has 2 rings (SSSR count). The van der Waals surface area contributed by atoms with Gasteiger partial charge in [0.05, 0.1) is 0 Å². The van der Waals surface area contributed by atoms with E-state index in [0.29, 0.717) is 17.6 Å². The van der Waals surface area contributed by atoms with Gasteiger partial charge < -0.3 is 16.4 Å². The minimum absolute atomic E-state index is 0.144. The molecular weight excluding hydrogens is 214 g/mol. The molecule has 4 heteroatoms. The van der Waals surface area contributed by atoms with Crippen molar-refractivity contribution >= 4 is 17.4 Å². The molecule has 17 heavy (non-hydrogen) atoms. The molecule has 0 saturated heterocycles. The molecule has 2 amide bonds. The third-order valence-electron chi connectivity index (χ3n) is 3.32. The maximum atomic E-state index is 11.8. The molecule has 0 aliphatic heterocycles. The summed E-state index contributed by atoms with van der Waals surface area (Å²) in [7, 11) is 0. The Kier molecular flexibility index (Phi) is 3.52. The van der Waals surface area contributed by atoms with E-state index >= 15 is 0 Å². The normalized spacial score (nSPS) is 23.4. The monoisotopic (exact) mass is 233 g/mol. The molecule has 0 bridgehead atoms. The van der Waals surface area contributed by atoms with E-state index in [-0.39, 0.29) is 6.03 Å². The Bertz CT molecular complexity index is 405. The number of carbonyl (C=O) groups excluding carboxylic acids is 1. The first kappa shape index (κ1) is 11.8. The fourth-order valence-electron chi connectivity index (χ4n) is 2.31. The molecule has 1 aliphatic carbocycles. The van der Waals surface area contributed by atoms with E-state index in [1.807, 2.05) is 12.1 Å². The van der Waals surface area contributed by atoms with Crippen LogP contribution in [-0.4, -0.2) is 12.1 Å². The number of benzene rings is 1. The van der Waals surface area contributed by atoms with Crippen LogP contribution in [0.5, 0.6) is 0 Å². The Labute approximate surface area is 102 Å². The first-order valence-corrected chi connectivity index (χ1v) is 6.08. The van der Waals surface area contributed by atoms with Gasteiger partial charge in [0, 0.05) is 17.4 Å². The van der Waals surface area contributed by atoms with Crippen LogP contribution in [0, 0.1) is 5.92 Å². The van der Waals surface area contributed by atoms with E-state index in [4.69, 9.17) is 5.73 Å². The summed E-state index contributed by atoms with van der Waals surface area (Å²) in [5.41, 5.74) is 7.03. The molecule has 1 saturated carbocycles. The minimum Gasteiger partial charge on any atom is -0.399 e. The lowest BCUT2D eigenvalue weighted by Gasteiger charge is -2.17. The van der Waals surface area contributed by atoms with Crippen LogP contribution >= 0.6 is 0 Å². The first-order valence-electron chi connectivity index (χ1n) is 6.08. The molecule has 92 valence electrons. The second-order valence-electron chi connectivity index (χ2n) is 4.74. The summed E-state index contributed by atoms with van der Waals surface area (Å²) < 4.78 is 0. The Morgan fingerprint density at radius 1 is 1.41 bits per heavy atom. The lowest BCUT2D eigenvalue weighted by molar-refractivity contribution is 0.246. The van der Waals surface area contributed by atoms with Crippen molar-refractivity contribution in [3.8, 4) is 0 Å². The maximum Gasteiger partial charge on any atom is 0.319 e. The van der Waals surface area contributed by atoms with Gasteiger partial charge in [0.25, 0.3) is 0 Å². The number of urea groups is 1. The summed E-state index contributed by atoms with van der Waals surface area (Å²) in [5, 5.41) is 5.81. The molecule has 4 nitrogen and oxygen atoms in total. The van der Waals surface area contributed by atoms with Crippen molar-refractivity contribution in [2.75, 3.05) is 11.1 Å². The van der Waals surface area contributed by atoms with E-state index in [1.54, 1.807) is 12.1 Å². The first-order chi connectivity index (χ1) is 8.15. The van der Waals surface area contributed by atoms with Crippen molar-refractivity contribution < 1.29 is 4.79 Å². The molecule has 0 radical (unpaired) electrons. The van der Waals surface area contributed by atoms with Crippen LogP contribution in [0.25, 0.3) is 0 Å². The zero-order valence-electron chi connectivity index (χ0n) is 10.1. The molecule has 2 unspecified atom stereocenters. The Balaban J connectivity index is 1.89. The number of nitrogens with two attached hydrogens (primary N) is 1. The topological polar surface area (TPSA) is 67.2 Å². The average molecular weight is 233 g/mol. The Morgan fingerprint density at radius 3 is 2.88 bits per heavy atom. The van der Waals surface area contributed by atoms with E-state index in [9.17, 15) is 4.79 Å². The summed E-state index contributed by atoms with van der Waals surface area (Å²) in [6.45, 7) is 2.18. The molecule has 1 aromatic carbocycles. The van der Waals surface area contributed by atoms with Gasteiger partial charge in [0.15, 0.2) is 0 Å². The number of anilines is 2. The number of hydrogen-bond acceptors (Lipinski definition) is 2. The van der Waals surface area contributed by atoms with Crippen LogP contribution in [0.1, 0.15) is 26.2 Å². The molecular formula is C13H19N3O. The van der Waals surface area contributed by atoms with Gasteiger partial charge in [0.1, 0.15) is 0 Å². The molecule has 1 fully saturated rings. The van der Waals surface area contributed by atoms with E-state index in [0.717, 1.165) is 12.1 Å². The van der Waals surface area contributed by atoms with Crippen molar-refractivity contribution in [2.45, 2.75) is 32.2 Å². The molecule has 0 heterocycles. The summed E-state index contributed by atoms with van der Waals surface area (Å²) in [5.74, 6) is 0.571. The highest BCUT2D eigenvalue weighted by atomic mass is 16.2. The van der Waals surface area contributed by atoms with Crippen molar-refractivity contribution in [1.29, 1.82) is 0 Å². The Morgan fingerprint density at radius 2 is 2.24 bits per heavy atom. The van der Waals surface area contributed by atoms with E-state index in [1.165, 1.54) is 12.8 Å². The molecule has 1 aromatic rings. The van der Waals surface area contributed by atoms with Gasteiger partial charge in [-0.3, -0.25) is 0 Å². The SMILES string of the molecule is CC1CCCC1NC(=O)Nc1cccc(N)c1. The number of amides is 2. The molecule has 1 aliphatic rings. The lowest BCUT2D eigenvalue weighted by Crippen LogP contribution is -2.39. The van der Waals surface area contributed by atoms with Crippen LogP contribution in [0.2, 0.25) is 0 Å². The predicted molar refractivity (Wildman–Crippen MR) is 69.8 cm³/mol. The fourth-order valence-corrected chi connectivity index (χ4v) is 2.31. The van der Waals surface area contributed by atoms with Crippen LogP contribution in [0.15, 0.2) is 24.3 Å². The van der Waals surface area contributed by atoms with Crippen molar-refractivity contribution in [1.82, 2.24) is 5.32 Å². The van der Waals surface area contributed by atoms with Crippen LogP contribution < -0.4 is 16.4 Å². The second-order valence-corrected chi connectivity index (χ2v) is 4.74. The number of carbonyl (C=O) groups is 1. The van der Waals surface area contributed by atoms with Crippen LogP contribution in [0.4, 0.5) is 16.2 Å². The maximum absolute atomic E-state index is 11.8. The van der Waals surface area contributed by atoms with Crippen molar-refractivity contribution in [2.24, 2.45) is 5.92 Å². The lowest BCUT2D eigenvalue weighted by atomic mass is 10.1. The summed E-state index contributed by atoms with van der Waals surface area (Å²) >= 11 is 0. The second kappa shape index (κ2) is 5.08. The van der Waals surface area contributed by atoms with E-state index in [2.05, 4.69) is 17.6 Å². The van der Waals surface area contributed by atoms with Crippen molar-refractivity contribution in [3.05, 3.63) is 24.3 Å². The highest BCUT2D eigenvalue weighted by Crippen LogP contribution is 2.24. The minimum atomic E-state index is -0.144. The van der Waals surface area contributed by atoms with Gasteiger partial charge >= 0.3 is 6.03 Å². The molecule has 0 aromatic heterocycles. The van der Waals surface area contributed by atoms with Crippen LogP contribution in [-0.2, 0) is 0 Å². The van der Waals surface area contributed by atoms with Gasteiger partial charge in [-0.25, -0.2) is 4.79 Å². The Hall–Kier alpha value is -1.71. The van der Waals surface area contributed by atoms with E-state index < -0.39 is 0 Å². The molecule has 4 N–H and O–H groups in total. The quantitative estimate of drug-likeness (QED) is 0.687. The number of nitrogen functional groups attached to an aromatic ring is 1. The average Bonchev–Trinajstić information content (AvgIpc) is 2.64. The summed E-state index contributed by atoms with van der Waals surface area (Å²) in [4.78, 5) is 11.8. The highest BCUT2D eigenvalue weighted by Gasteiger charge is 2.24. The van der Waals surface area contributed by atoms with Gasteiger partial charge in [-0.05, 0) is 37.0 Å². The van der Waals surface area contributed by atoms with Crippen LogP contribution in [0.3, 0.4) is 0 Å². The summed E-state index contributed by atoms with van der Waals surface area (Å²) in [6, 6.07) is 7.35. The largest absolute Gasteiger partial charge is 0.399 e. The van der Waals surface area contributed by atoms with Gasteiger partial charge in [-0.1, -0.05) is 19.4 Å². The highest BCUT2D eigenvalue weighted by molar-refractivity contribution is 5.89. The number of rotatable bonds is 2. The van der Waals surface area contributed by atoms with Crippen molar-refractivity contribution in [3.63, 3.8) is 0 Å². The zero-order valence-corrected chi connectivity index (χ0v) is 10.1. The third kappa shape index (κ3) is 3.12. The molecule has 0 spiro atoms.